The van der Waals surface area contributed by atoms with E-state index in [1.54, 1.807) is 6.20 Å². The molecule has 0 saturated heterocycles. The molecule has 1 aromatic heterocycles. The lowest BCUT2D eigenvalue weighted by Gasteiger charge is -2.15. The van der Waals surface area contributed by atoms with Crippen molar-refractivity contribution in [3.8, 4) is 0 Å². The summed E-state index contributed by atoms with van der Waals surface area (Å²) < 4.78 is 0. The van der Waals surface area contributed by atoms with E-state index in [0.29, 0.717) is 0 Å². The maximum atomic E-state index is 6.27. The van der Waals surface area contributed by atoms with Crippen LogP contribution in [0.2, 0.25) is 0 Å². The van der Waals surface area contributed by atoms with E-state index in [9.17, 15) is 0 Å². The minimum atomic E-state index is 0.0408. The van der Waals surface area contributed by atoms with Gasteiger partial charge < -0.3 is 5.73 Å². The molecule has 1 heterocycles. The Morgan fingerprint density at radius 2 is 2.06 bits per heavy atom. The molecule has 2 aromatic rings. The molecule has 0 bridgehead atoms. The normalized spacial score (nSPS) is 12.4. The first kappa shape index (κ1) is 11.8. The zero-order valence-electron chi connectivity index (χ0n) is 10.4. The molecule has 0 aliphatic carbocycles. The minimum Gasteiger partial charge on any atom is -0.324 e. The number of rotatable bonds is 3. The van der Waals surface area contributed by atoms with Gasteiger partial charge in [0.05, 0.1) is 0 Å². The van der Waals surface area contributed by atoms with E-state index in [0.717, 1.165) is 6.42 Å². The Morgan fingerprint density at radius 1 is 1.24 bits per heavy atom. The first-order valence-corrected chi connectivity index (χ1v) is 5.88. The molecule has 0 aliphatic heterocycles. The van der Waals surface area contributed by atoms with Gasteiger partial charge in [0.15, 0.2) is 0 Å². The topological polar surface area (TPSA) is 38.9 Å². The van der Waals surface area contributed by atoms with Gasteiger partial charge in [0.2, 0.25) is 0 Å². The Morgan fingerprint density at radius 3 is 2.76 bits per heavy atom. The van der Waals surface area contributed by atoms with Crippen molar-refractivity contribution < 1.29 is 0 Å². The third-order valence-electron chi connectivity index (χ3n) is 3.01. The van der Waals surface area contributed by atoms with Crippen molar-refractivity contribution in [2.45, 2.75) is 26.3 Å². The monoisotopic (exact) mass is 226 g/mol. The molecule has 88 valence electrons. The Hall–Kier alpha value is -1.67. The average Bonchev–Trinajstić information content (AvgIpc) is 2.33. The highest BCUT2D eigenvalue weighted by molar-refractivity contribution is 5.33. The van der Waals surface area contributed by atoms with Gasteiger partial charge in [0, 0.05) is 18.4 Å². The molecule has 0 radical (unpaired) electrons. The van der Waals surface area contributed by atoms with Crippen LogP contribution in [0.5, 0.6) is 0 Å². The van der Waals surface area contributed by atoms with Crippen molar-refractivity contribution in [3.05, 3.63) is 65.0 Å². The summed E-state index contributed by atoms with van der Waals surface area (Å²) in [6.07, 6.45) is 4.50. The molecule has 0 saturated carbocycles. The number of pyridine rings is 1. The van der Waals surface area contributed by atoms with Crippen LogP contribution in [0.15, 0.2) is 42.7 Å². The highest BCUT2D eigenvalue weighted by atomic mass is 14.6. The summed E-state index contributed by atoms with van der Waals surface area (Å²) in [7, 11) is 0. The fourth-order valence-corrected chi connectivity index (χ4v) is 2.04. The largest absolute Gasteiger partial charge is 0.324 e. The Balaban J connectivity index is 2.20. The quantitative estimate of drug-likeness (QED) is 0.874. The Bertz CT molecular complexity index is 492. The van der Waals surface area contributed by atoms with E-state index in [-0.39, 0.29) is 6.04 Å². The second-order valence-electron chi connectivity index (χ2n) is 4.53. The zero-order valence-corrected chi connectivity index (χ0v) is 10.4. The van der Waals surface area contributed by atoms with Gasteiger partial charge in [-0.2, -0.15) is 0 Å². The molecule has 2 heteroatoms. The number of nitrogens with zero attached hydrogens (tertiary/aromatic N) is 1. The van der Waals surface area contributed by atoms with Crippen LogP contribution in [0.3, 0.4) is 0 Å². The molecule has 1 atom stereocenters. The van der Waals surface area contributed by atoms with Crippen molar-refractivity contribution in [2.75, 3.05) is 0 Å². The van der Waals surface area contributed by atoms with Crippen LogP contribution < -0.4 is 5.73 Å². The van der Waals surface area contributed by atoms with E-state index in [2.05, 4.69) is 43.1 Å². The lowest BCUT2D eigenvalue weighted by Crippen LogP contribution is -2.15. The third-order valence-corrected chi connectivity index (χ3v) is 3.01. The zero-order chi connectivity index (χ0) is 12.3. The number of benzene rings is 1. The van der Waals surface area contributed by atoms with E-state index in [1.165, 1.54) is 22.3 Å². The van der Waals surface area contributed by atoms with E-state index >= 15 is 0 Å². The van der Waals surface area contributed by atoms with Crippen LogP contribution in [-0.4, -0.2) is 4.98 Å². The molecular formula is C15H18N2. The van der Waals surface area contributed by atoms with E-state index in [1.807, 2.05) is 12.3 Å². The number of hydrogen-bond acceptors (Lipinski definition) is 2. The summed E-state index contributed by atoms with van der Waals surface area (Å²) in [6, 6.07) is 10.5. The molecule has 0 fully saturated rings. The highest BCUT2D eigenvalue weighted by Gasteiger charge is 2.10. The second-order valence-corrected chi connectivity index (χ2v) is 4.53. The molecule has 17 heavy (non-hydrogen) atoms. The highest BCUT2D eigenvalue weighted by Crippen LogP contribution is 2.20. The van der Waals surface area contributed by atoms with Crippen molar-refractivity contribution in [2.24, 2.45) is 5.73 Å². The summed E-state index contributed by atoms with van der Waals surface area (Å²) >= 11 is 0. The molecule has 0 amide bonds. The second kappa shape index (κ2) is 5.11. The summed E-state index contributed by atoms with van der Waals surface area (Å²) in [6.45, 7) is 4.21. The van der Waals surface area contributed by atoms with Crippen molar-refractivity contribution in [1.82, 2.24) is 4.98 Å². The number of nitrogens with two attached hydrogens (primary N) is 1. The maximum absolute atomic E-state index is 6.27. The van der Waals surface area contributed by atoms with Crippen LogP contribution in [0, 0.1) is 13.8 Å². The molecule has 2 nitrogen and oxygen atoms in total. The molecule has 1 aromatic carbocycles. The summed E-state index contributed by atoms with van der Waals surface area (Å²) in [5.41, 5.74) is 11.2. The number of hydrogen-bond donors (Lipinski definition) is 1. The average molecular weight is 226 g/mol. The lowest BCUT2D eigenvalue weighted by atomic mass is 9.95. The summed E-state index contributed by atoms with van der Waals surface area (Å²) in [4.78, 5) is 4.12. The minimum absolute atomic E-state index is 0.0408. The molecule has 2 rings (SSSR count). The van der Waals surface area contributed by atoms with Gasteiger partial charge in [-0.25, -0.2) is 0 Å². The standard InChI is InChI=1S/C15H18N2/c1-11-5-6-12(2)14(8-11)15(16)9-13-4-3-7-17-10-13/h3-8,10,15H,9,16H2,1-2H3. The molecule has 0 spiro atoms. The maximum Gasteiger partial charge on any atom is 0.0339 e. The summed E-state index contributed by atoms with van der Waals surface area (Å²) in [5.74, 6) is 0. The molecular weight excluding hydrogens is 208 g/mol. The Labute approximate surface area is 103 Å². The molecule has 0 aliphatic rings. The van der Waals surface area contributed by atoms with E-state index in [4.69, 9.17) is 5.73 Å². The Kier molecular flexibility index (Phi) is 3.55. The third kappa shape index (κ3) is 2.92. The van der Waals surface area contributed by atoms with Gasteiger partial charge in [0.1, 0.15) is 0 Å². The number of aromatic nitrogens is 1. The van der Waals surface area contributed by atoms with Crippen LogP contribution in [0.4, 0.5) is 0 Å². The number of aryl methyl sites for hydroxylation is 2. The summed E-state index contributed by atoms with van der Waals surface area (Å²) in [5, 5.41) is 0. The van der Waals surface area contributed by atoms with Crippen molar-refractivity contribution in [1.29, 1.82) is 0 Å². The SMILES string of the molecule is Cc1ccc(C)c(C(N)Cc2cccnc2)c1. The first-order chi connectivity index (χ1) is 8.16. The fraction of sp³-hybridized carbons (Fsp3) is 0.267. The van der Waals surface area contributed by atoms with Crippen LogP contribution in [0.1, 0.15) is 28.3 Å². The lowest BCUT2D eigenvalue weighted by molar-refractivity contribution is 0.713. The first-order valence-electron chi connectivity index (χ1n) is 5.88. The molecule has 2 N–H and O–H groups in total. The van der Waals surface area contributed by atoms with Crippen molar-refractivity contribution in [3.63, 3.8) is 0 Å². The van der Waals surface area contributed by atoms with Gasteiger partial charge in [-0.1, -0.05) is 29.8 Å². The van der Waals surface area contributed by atoms with Gasteiger partial charge >= 0.3 is 0 Å². The fourth-order valence-electron chi connectivity index (χ4n) is 2.04. The van der Waals surface area contributed by atoms with Gasteiger partial charge in [-0.3, -0.25) is 4.98 Å². The predicted octanol–water partition coefficient (Wildman–Crippen LogP) is 2.94. The van der Waals surface area contributed by atoms with Crippen LogP contribution in [-0.2, 0) is 6.42 Å². The van der Waals surface area contributed by atoms with Crippen molar-refractivity contribution >= 4 is 0 Å². The van der Waals surface area contributed by atoms with E-state index < -0.39 is 0 Å². The van der Waals surface area contributed by atoms with Gasteiger partial charge in [-0.05, 0) is 43.0 Å². The van der Waals surface area contributed by atoms with Gasteiger partial charge in [0.25, 0.3) is 0 Å². The smallest absolute Gasteiger partial charge is 0.0339 e. The van der Waals surface area contributed by atoms with Crippen LogP contribution in [0.25, 0.3) is 0 Å². The van der Waals surface area contributed by atoms with Crippen LogP contribution >= 0.6 is 0 Å². The predicted molar refractivity (Wildman–Crippen MR) is 70.8 cm³/mol. The molecule has 1 unspecified atom stereocenters. The van der Waals surface area contributed by atoms with Gasteiger partial charge in [-0.15, -0.1) is 0 Å².